The van der Waals surface area contributed by atoms with Crippen molar-refractivity contribution < 1.29 is 9.53 Å². The number of rotatable bonds is 3. The quantitative estimate of drug-likeness (QED) is 0.798. The highest BCUT2D eigenvalue weighted by molar-refractivity contribution is 5.93. The molecule has 1 amide bonds. The molecule has 0 bridgehead atoms. The molecule has 6 heteroatoms. The lowest BCUT2D eigenvalue weighted by Gasteiger charge is -2.10. The van der Waals surface area contributed by atoms with Gasteiger partial charge in [0.1, 0.15) is 0 Å². The van der Waals surface area contributed by atoms with Gasteiger partial charge >= 0.3 is 0 Å². The molecule has 1 aliphatic rings. The first-order valence-electron chi connectivity index (χ1n) is 5.63. The highest BCUT2D eigenvalue weighted by atomic mass is 16.5. The molecule has 6 nitrogen and oxygen atoms in total. The van der Waals surface area contributed by atoms with Crippen molar-refractivity contribution >= 4 is 11.9 Å². The van der Waals surface area contributed by atoms with E-state index in [9.17, 15) is 4.79 Å². The summed E-state index contributed by atoms with van der Waals surface area (Å²) in [6, 6.07) is 1.58. The second-order valence-corrected chi connectivity index (χ2v) is 4.01. The van der Waals surface area contributed by atoms with Crippen LogP contribution in [0.2, 0.25) is 0 Å². The Morgan fingerprint density at radius 1 is 1.59 bits per heavy atom. The summed E-state index contributed by atoms with van der Waals surface area (Å²) in [6.45, 7) is 2.71. The number of ether oxygens (including phenoxy) is 1. The molecular weight excluding hydrogens is 220 g/mol. The van der Waals surface area contributed by atoms with Gasteiger partial charge < -0.3 is 10.1 Å². The molecule has 1 atom stereocenters. The highest BCUT2D eigenvalue weighted by Gasteiger charge is 2.22. The first-order chi connectivity index (χ1) is 8.19. The summed E-state index contributed by atoms with van der Waals surface area (Å²) >= 11 is 0. The Hall–Kier alpha value is -1.69. The molecule has 1 aliphatic heterocycles. The Morgan fingerprint density at radius 2 is 2.41 bits per heavy atom. The first kappa shape index (κ1) is 11.8. The number of anilines is 1. The summed E-state index contributed by atoms with van der Waals surface area (Å²) in [4.78, 5) is 20.0. The maximum atomic E-state index is 11.8. The number of methoxy groups -OCH3 is 1. The van der Waals surface area contributed by atoms with Crippen molar-refractivity contribution in [2.45, 2.75) is 25.8 Å². The van der Waals surface area contributed by atoms with Gasteiger partial charge in [0.25, 0.3) is 0 Å². The molecule has 2 N–H and O–H groups in total. The first-order valence-corrected chi connectivity index (χ1v) is 5.63. The fraction of sp³-hybridized carbons (Fsp3) is 0.545. The molecule has 0 saturated carbocycles. The maximum absolute atomic E-state index is 11.8. The number of aryl methyl sites for hydroxylation is 1. The Bertz CT molecular complexity index is 416. The maximum Gasteiger partial charge on any atom is 0.243 e. The van der Waals surface area contributed by atoms with E-state index in [0.717, 1.165) is 25.1 Å². The van der Waals surface area contributed by atoms with Crippen LogP contribution in [0.25, 0.3) is 0 Å². The van der Waals surface area contributed by atoms with Crippen LogP contribution in [0.15, 0.2) is 6.07 Å². The Labute approximate surface area is 99.8 Å². The topological polar surface area (TPSA) is 76.1 Å². The third-order valence-electron chi connectivity index (χ3n) is 2.65. The molecule has 1 aromatic heterocycles. The number of carbonyl (C=O) groups is 1. The fourth-order valence-electron chi connectivity index (χ4n) is 1.81. The molecule has 0 unspecified atom stereocenters. The van der Waals surface area contributed by atoms with Gasteiger partial charge in [0.15, 0.2) is 0 Å². The average molecular weight is 236 g/mol. The minimum Gasteiger partial charge on any atom is -0.481 e. The van der Waals surface area contributed by atoms with Crippen molar-refractivity contribution in [3.63, 3.8) is 0 Å². The predicted molar refractivity (Wildman–Crippen MR) is 63.0 cm³/mol. The van der Waals surface area contributed by atoms with E-state index in [1.54, 1.807) is 6.07 Å². The van der Waals surface area contributed by atoms with Gasteiger partial charge in [0.2, 0.25) is 17.7 Å². The lowest BCUT2D eigenvalue weighted by Crippen LogP contribution is -2.36. The van der Waals surface area contributed by atoms with E-state index in [0.29, 0.717) is 11.8 Å². The number of hydrogen-bond donors (Lipinski definition) is 2. The second kappa shape index (κ2) is 5.09. The molecule has 1 fully saturated rings. The van der Waals surface area contributed by atoms with Crippen molar-refractivity contribution in [2.75, 3.05) is 19.0 Å². The number of amides is 1. The van der Waals surface area contributed by atoms with E-state index in [1.165, 1.54) is 7.11 Å². The number of hydrogen-bond acceptors (Lipinski definition) is 5. The van der Waals surface area contributed by atoms with E-state index in [2.05, 4.69) is 20.6 Å². The molecule has 2 rings (SSSR count). The Morgan fingerprint density at radius 3 is 3.06 bits per heavy atom. The van der Waals surface area contributed by atoms with Crippen LogP contribution in [-0.4, -0.2) is 35.6 Å². The molecular formula is C11H16N4O2. The number of carbonyl (C=O) groups excluding carboxylic acids is 1. The lowest BCUT2D eigenvalue weighted by molar-refractivity contribution is -0.117. The SMILES string of the molecule is COc1cc(C)nc(NC(=O)[C@H]2CCCN2)n1. The summed E-state index contributed by atoms with van der Waals surface area (Å²) in [5.41, 5.74) is 0.756. The molecule has 1 aromatic rings. The van der Waals surface area contributed by atoms with Crippen molar-refractivity contribution in [1.29, 1.82) is 0 Å². The van der Waals surface area contributed by atoms with Crippen molar-refractivity contribution in [3.8, 4) is 5.88 Å². The third-order valence-corrected chi connectivity index (χ3v) is 2.65. The zero-order valence-corrected chi connectivity index (χ0v) is 9.99. The van der Waals surface area contributed by atoms with E-state index in [1.807, 2.05) is 6.92 Å². The number of aromatic nitrogens is 2. The zero-order valence-electron chi connectivity index (χ0n) is 9.99. The zero-order chi connectivity index (χ0) is 12.3. The van der Waals surface area contributed by atoms with Crippen molar-refractivity contribution in [1.82, 2.24) is 15.3 Å². The minimum absolute atomic E-state index is 0.0878. The minimum atomic E-state index is -0.134. The fourth-order valence-corrected chi connectivity index (χ4v) is 1.81. The van der Waals surface area contributed by atoms with Crippen LogP contribution in [0, 0.1) is 6.92 Å². The summed E-state index contributed by atoms with van der Waals surface area (Å²) in [6.07, 6.45) is 1.88. The van der Waals surface area contributed by atoms with E-state index in [-0.39, 0.29) is 11.9 Å². The van der Waals surface area contributed by atoms with Crippen LogP contribution in [0.1, 0.15) is 18.5 Å². The van der Waals surface area contributed by atoms with E-state index >= 15 is 0 Å². The largest absolute Gasteiger partial charge is 0.481 e. The molecule has 1 saturated heterocycles. The standard InChI is InChI=1S/C11H16N4O2/c1-7-6-9(17-2)14-11(13-7)15-10(16)8-4-3-5-12-8/h6,8,12H,3-5H2,1-2H3,(H,13,14,15,16)/t8-/m1/s1. The van der Waals surface area contributed by atoms with Gasteiger partial charge in [-0.3, -0.25) is 10.1 Å². The van der Waals surface area contributed by atoms with Crippen molar-refractivity contribution in [3.05, 3.63) is 11.8 Å². The van der Waals surface area contributed by atoms with Gasteiger partial charge in [0.05, 0.1) is 13.2 Å². The van der Waals surface area contributed by atoms with Crippen LogP contribution in [0.5, 0.6) is 5.88 Å². The van der Waals surface area contributed by atoms with Crippen LogP contribution >= 0.6 is 0 Å². The van der Waals surface area contributed by atoms with Crippen LogP contribution < -0.4 is 15.4 Å². The molecule has 0 aliphatic carbocycles. The predicted octanol–water partition coefficient (Wildman–Crippen LogP) is 0.484. The molecule has 92 valence electrons. The van der Waals surface area contributed by atoms with E-state index < -0.39 is 0 Å². The second-order valence-electron chi connectivity index (χ2n) is 4.01. The average Bonchev–Trinajstić information content (AvgIpc) is 2.81. The van der Waals surface area contributed by atoms with Gasteiger partial charge in [0, 0.05) is 11.8 Å². The summed E-state index contributed by atoms with van der Waals surface area (Å²) in [5.74, 6) is 0.655. The van der Waals surface area contributed by atoms with Crippen LogP contribution in [-0.2, 0) is 4.79 Å². The molecule has 0 spiro atoms. The smallest absolute Gasteiger partial charge is 0.243 e. The number of nitrogens with zero attached hydrogens (tertiary/aromatic N) is 2. The Kier molecular flexibility index (Phi) is 3.53. The lowest BCUT2D eigenvalue weighted by atomic mass is 10.2. The summed E-state index contributed by atoms with van der Waals surface area (Å²) < 4.78 is 5.02. The van der Waals surface area contributed by atoms with Gasteiger partial charge in [-0.15, -0.1) is 0 Å². The van der Waals surface area contributed by atoms with Gasteiger partial charge in [-0.2, -0.15) is 4.98 Å². The third kappa shape index (κ3) is 2.91. The number of nitrogens with one attached hydrogen (secondary N) is 2. The monoisotopic (exact) mass is 236 g/mol. The summed E-state index contributed by atoms with van der Waals surface area (Å²) in [5, 5.41) is 5.82. The van der Waals surface area contributed by atoms with Gasteiger partial charge in [-0.1, -0.05) is 0 Å². The van der Waals surface area contributed by atoms with Crippen LogP contribution in [0.4, 0.5) is 5.95 Å². The molecule has 2 heterocycles. The van der Waals surface area contributed by atoms with Gasteiger partial charge in [-0.25, -0.2) is 4.98 Å². The Balaban J connectivity index is 2.06. The normalized spacial score (nSPS) is 19.1. The molecule has 17 heavy (non-hydrogen) atoms. The van der Waals surface area contributed by atoms with Crippen molar-refractivity contribution in [2.24, 2.45) is 0 Å². The van der Waals surface area contributed by atoms with Gasteiger partial charge in [-0.05, 0) is 26.3 Å². The molecule has 0 aromatic carbocycles. The van der Waals surface area contributed by atoms with E-state index in [4.69, 9.17) is 4.74 Å². The van der Waals surface area contributed by atoms with Crippen LogP contribution in [0.3, 0.4) is 0 Å². The highest BCUT2D eigenvalue weighted by Crippen LogP contribution is 2.12. The molecule has 0 radical (unpaired) electrons. The summed E-state index contributed by atoms with van der Waals surface area (Å²) in [7, 11) is 1.53.